The van der Waals surface area contributed by atoms with E-state index in [0.717, 1.165) is 10.0 Å². The van der Waals surface area contributed by atoms with E-state index in [1.807, 2.05) is 24.3 Å². The normalized spacial score (nSPS) is 14.6. The van der Waals surface area contributed by atoms with Crippen LogP contribution >= 0.6 is 15.9 Å². The summed E-state index contributed by atoms with van der Waals surface area (Å²) in [5.74, 6) is -0.454. The van der Waals surface area contributed by atoms with Crippen LogP contribution in [-0.4, -0.2) is 17.6 Å². The molecule has 1 unspecified atom stereocenters. The zero-order valence-electron chi connectivity index (χ0n) is 10.3. The molecule has 4 heteroatoms. The number of hydrogen-bond acceptors (Lipinski definition) is 2. The standard InChI is InChI=1S/C13H18BrNO2/c1-9(2)8-15-13(3,12(16)17)10-4-6-11(14)7-5-10/h4-7,9,15H,8H2,1-3H3,(H,16,17). The van der Waals surface area contributed by atoms with Gasteiger partial charge in [-0.2, -0.15) is 0 Å². The summed E-state index contributed by atoms with van der Waals surface area (Å²) in [5, 5.41) is 12.5. The zero-order valence-corrected chi connectivity index (χ0v) is 11.9. The molecule has 94 valence electrons. The van der Waals surface area contributed by atoms with Gasteiger partial charge in [-0.15, -0.1) is 0 Å². The molecule has 0 aromatic heterocycles. The van der Waals surface area contributed by atoms with E-state index in [0.29, 0.717) is 12.5 Å². The molecule has 0 aliphatic rings. The fourth-order valence-corrected chi connectivity index (χ4v) is 1.76. The van der Waals surface area contributed by atoms with E-state index in [1.54, 1.807) is 6.92 Å². The molecule has 17 heavy (non-hydrogen) atoms. The largest absolute Gasteiger partial charge is 0.480 e. The van der Waals surface area contributed by atoms with Crippen LogP contribution in [0.4, 0.5) is 0 Å². The second kappa shape index (κ2) is 5.65. The van der Waals surface area contributed by atoms with Gasteiger partial charge in [-0.25, -0.2) is 4.79 Å². The van der Waals surface area contributed by atoms with Crippen molar-refractivity contribution >= 4 is 21.9 Å². The van der Waals surface area contributed by atoms with Gasteiger partial charge in [0.2, 0.25) is 0 Å². The molecule has 0 aliphatic heterocycles. The number of carboxylic acids is 1. The van der Waals surface area contributed by atoms with E-state index in [2.05, 4.69) is 35.1 Å². The number of halogens is 1. The molecule has 0 aliphatic carbocycles. The van der Waals surface area contributed by atoms with Crippen molar-refractivity contribution in [3.63, 3.8) is 0 Å². The molecule has 1 rings (SSSR count). The topological polar surface area (TPSA) is 49.3 Å². The van der Waals surface area contributed by atoms with E-state index < -0.39 is 11.5 Å². The molecule has 1 aromatic rings. The monoisotopic (exact) mass is 299 g/mol. The highest BCUT2D eigenvalue weighted by Crippen LogP contribution is 2.23. The van der Waals surface area contributed by atoms with Gasteiger partial charge >= 0.3 is 5.97 Å². The Balaban J connectivity index is 2.98. The van der Waals surface area contributed by atoms with Gasteiger partial charge in [0.05, 0.1) is 0 Å². The van der Waals surface area contributed by atoms with Crippen molar-refractivity contribution in [3.05, 3.63) is 34.3 Å². The van der Waals surface area contributed by atoms with Gasteiger partial charge in [0.1, 0.15) is 5.54 Å². The van der Waals surface area contributed by atoms with Crippen molar-refractivity contribution in [1.82, 2.24) is 5.32 Å². The summed E-state index contributed by atoms with van der Waals surface area (Å²) >= 11 is 3.34. The number of carboxylic acid groups (broad SMARTS) is 1. The maximum atomic E-state index is 11.4. The summed E-state index contributed by atoms with van der Waals surface area (Å²) < 4.78 is 0.942. The van der Waals surface area contributed by atoms with E-state index in [4.69, 9.17) is 0 Å². The van der Waals surface area contributed by atoms with Crippen LogP contribution in [0.2, 0.25) is 0 Å². The third kappa shape index (κ3) is 3.54. The Labute approximate surface area is 110 Å². The highest BCUT2D eigenvalue weighted by molar-refractivity contribution is 9.10. The van der Waals surface area contributed by atoms with E-state index in [-0.39, 0.29) is 0 Å². The van der Waals surface area contributed by atoms with E-state index in [1.165, 1.54) is 0 Å². The van der Waals surface area contributed by atoms with Gasteiger partial charge in [0.25, 0.3) is 0 Å². The Kier molecular flexibility index (Phi) is 4.71. The van der Waals surface area contributed by atoms with Crippen LogP contribution in [0.3, 0.4) is 0 Å². The Bertz CT molecular complexity index is 389. The van der Waals surface area contributed by atoms with Crippen molar-refractivity contribution in [3.8, 4) is 0 Å². The minimum Gasteiger partial charge on any atom is -0.480 e. The molecular formula is C13H18BrNO2. The minimum absolute atomic E-state index is 0.407. The van der Waals surface area contributed by atoms with Crippen molar-refractivity contribution < 1.29 is 9.90 Å². The van der Waals surface area contributed by atoms with Crippen LogP contribution in [0, 0.1) is 5.92 Å². The molecule has 0 saturated carbocycles. The summed E-state index contributed by atoms with van der Waals surface area (Å²) in [6, 6.07) is 7.36. The summed E-state index contributed by atoms with van der Waals surface area (Å²) in [6.07, 6.45) is 0. The molecule has 0 bridgehead atoms. The number of hydrogen-bond donors (Lipinski definition) is 2. The minimum atomic E-state index is -1.04. The van der Waals surface area contributed by atoms with Gasteiger partial charge < -0.3 is 5.11 Å². The highest BCUT2D eigenvalue weighted by Gasteiger charge is 2.34. The smallest absolute Gasteiger partial charge is 0.328 e. The highest BCUT2D eigenvalue weighted by atomic mass is 79.9. The third-order valence-corrected chi connectivity index (χ3v) is 3.24. The number of benzene rings is 1. The maximum absolute atomic E-state index is 11.4. The summed E-state index contributed by atoms with van der Waals surface area (Å²) in [4.78, 5) is 11.4. The number of carbonyl (C=O) groups is 1. The first-order valence-electron chi connectivity index (χ1n) is 5.60. The van der Waals surface area contributed by atoms with Gasteiger partial charge in [0.15, 0.2) is 0 Å². The molecular weight excluding hydrogens is 282 g/mol. The summed E-state index contributed by atoms with van der Waals surface area (Å²) in [6.45, 7) is 6.47. The molecule has 0 heterocycles. The van der Waals surface area contributed by atoms with Crippen LogP contribution in [-0.2, 0) is 10.3 Å². The lowest BCUT2D eigenvalue weighted by molar-refractivity contribution is -0.144. The van der Waals surface area contributed by atoms with Crippen LogP contribution in [0.15, 0.2) is 28.7 Å². The van der Waals surface area contributed by atoms with Gasteiger partial charge in [-0.1, -0.05) is 41.9 Å². The second-order valence-electron chi connectivity index (χ2n) is 4.71. The van der Waals surface area contributed by atoms with E-state index in [9.17, 15) is 9.90 Å². The maximum Gasteiger partial charge on any atom is 0.328 e. The van der Waals surface area contributed by atoms with E-state index >= 15 is 0 Å². The Morgan fingerprint density at radius 2 is 1.94 bits per heavy atom. The molecule has 0 fully saturated rings. The van der Waals surface area contributed by atoms with Crippen molar-refractivity contribution in [2.75, 3.05) is 6.54 Å². The zero-order chi connectivity index (χ0) is 13.1. The Morgan fingerprint density at radius 1 is 1.41 bits per heavy atom. The Hall–Kier alpha value is -0.870. The fraction of sp³-hybridized carbons (Fsp3) is 0.462. The average molecular weight is 300 g/mol. The fourth-order valence-electron chi connectivity index (χ4n) is 1.49. The van der Waals surface area contributed by atoms with Crippen molar-refractivity contribution in [1.29, 1.82) is 0 Å². The lowest BCUT2D eigenvalue weighted by Gasteiger charge is -2.28. The summed E-state index contributed by atoms with van der Waals surface area (Å²) in [5.41, 5.74) is -0.279. The number of nitrogens with one attached hydrogen (secondary N) is 1. The average Bonchev–Trinajstić information content (AvgIpc) is 2.26. The lowest BCUT2D eigenvalue weighted by atomic mass is 9.91. The quantitative estimate of drug-likeness (QED) is 0.879. The van der Waals surface area contributed by atoms with Gasteiger partial charge in [-0.3, -0.25) is 5.32 Å². The van der Waals surface area contributed by atoms with Gasteiger partial charge in [0, 0.05) is 4.47 Å². The summed E-state index contributed by atoms with van der Waals surface area (Å²) in [7, 11) is 0. The first-order valence-corrected chi connectivity index (χ1v) is 6.40. The van der Waals surface area contributed by atoms with Crippen LogP contribution < -0.4 is 5.32 Å². The Morgan fingerprint density at radius 3 is 2.35 bits per heavy atom. The second-order valence-corrected chi connectivity index (χ2v) is 5.63. The predicted molar refractivity (Wildman–Crippen MR) is 72.0 cm³/mol. The van der Waals surface area contributed by atoms with Crippen molar-refractivity contribution in [2.45, 2.75) is 26.3 Å². The van der Waals surface area contributed by atoms with Crippen LogP contribution in [0.5, 0.6) is 0 Å². The number of aliphatic carboxylic acids is 1. The molecule has 0 amide bonds. The van der Waals surface area contributed by atoms with Crippen LogP contribution in [0.25, 0.3) is 0 Å². The molecule has 0 radical (unpaired) electrons. The molecule has 0 saturated heterocycles. The first-order chi connectivity index (χ1) is 7.86. The molecule has 0 spiro atoms. The SMILES string of the molecule is CC(C)CNC(C)(C(=O)O)c1ccc(Br)cc1. The number of rotatable bonds is 5. The van der Waals surface area contributed by atoms with Gasteiger partial charge in [-0.05, 0) is 37.1 Å². The molecule has 1 aromatic carbocycles. The first kappa shape index (κ1) is 14.2. The lowest BCUT2D eigenvalue weighted by Crippen LogP contribution is -2.48. The molecule has 3 nitrogen and oxygen atoms in total. The van der Waals surface area contributed by atoms with Crippen molar-refractivity contribution in [2.24, 2.45) is 5.92 Å². The molecule has 2 N–H and O–H groups in total. The predicted octanol–water partition coefficient (Wildman–Crippen LogP) is 2.99. The van der Waals surface area contributed by atoms with Crippen LogP contribution in [0.1, 0.15) is 26.3 Å². The molecule has 1 atom stereocenters. The third-order valence-electron chi connectivity index (χ3n) is 2.71.